The molecule has 1 N–H and O–H groups in total. The van der Waals surface area contributed by atoms with E-state index in [4.69, 9.17) is 9.84 Å². The lowest BCUT2D eigenvalue weighted by molar-refractivity contribution is -0.385. The van der Waals surface area contributed by atoms with Crippen LogP contribution in [0.4, 0.5) is 5.69 Å². The molecular formula is C14H20N2O5. The molecule has 0 radical (unpaired) electrons. The van der Waals surface area contributed by atoms with Crippen LogP contribution in [0.15, 0.2) is 18.2 Å². The minimum atomic E-state index is -0.918. The molecule has 0 aliphatic rings. The fraction of sp³-hybridized carbons (Fsp3) is 0.500. The summed E-state index contributed by atoms with van der Waals surface area (Å²) in [6.07, 6.45) is 0. The molecule has 0 aliphatic heterocycles. The zero-order chi connectivity index (χ0) is 16.0. The number of ether oxygens (including phenoxy) is 1. The van der Waals surface area contributed by atoms with E-state index < -0.39 is 10.9 Å². The third kappa shape index (κ3) is 5.39. The maximum Gasteiger partial charge on any atom is 0.317 e. The number of methoxy groups -OCH3 is 1. The van der Waals surface area contributed by atoms with E-state index in [1.165, 1.54) is 19.2 Å². The van der Waals surface area contributed by atoms with Crippen LogP contribution < -0.4 is 4.74 Å². The fourth-order valence-electron chi connectivity index (χ4n) is 2.13. The van der Waals surface area contributed by atoms with E-state index in [-0.39, 0.29) is 18.0 Å². The molecular weight excluding hydrogens is 276 g/mol. The molecule has 0 atom stereocenters. The van der Waals surface area contributed by atoms with E-state index in [9.17, 15) is 14.9 Å². The van der Waals surface area contributed by atoms with Gasteiger partial charge in [-0.1, -0.05) is 19.9 Å². The second kappa shape index (κ2) is 7.58. The molecule has 0 saturated carbocycles. The summed E-state index contributed by atoms with van der Waals surface area (Å²) < 4.78 is 4.95. The van der Waals surface area contributed by atoms with Gasteiger partial charge in [-0.05, 0) is 17.5 Å². The van der Waals surface area contributed by atoms with Gasteiger partial charge in [0.25, 0.3) is 0 Å². The Morgan fingerprint density at radius 1 is 1.48 bits per heavy atom. The monoisotopic (exact) mass is 296 g/mol. The van der Waals surface area contributed by atoms with Crippen molar-refractivity contribution >= 4 is 11.7 Å². The average Bonchev–Trinajstić information content (AvgIpc) is 2.36. The number of nitro groups is 1. The molecule has 0 spiro atoms. The van der Waals surface area contributed by atoms with E-state index in [0.29, 0.717) is 24.6 Å². The number of aliphatic carboxylic acids is 1. The summed E-state index contributed by atoms with van der Waals surface area (Å²) in [4.78, 5) is 23.1. The lowest BCUT2D eigenvalue weighted by atomic mass is 10.1. The van der Waals surface area contributed by atoms with Crippen LogP contribution in [0.3, 0.4) is 0 Å². The van der Waals surface area contributed by atoms with Crippen LogP contribution in [0.25, 0.3) is 0 Å². The van der Waals surface area contributed by atoms with Crippen molar-refractivity contribution in [1.82, 2.24) is 4.90 Å². The summed E-state index contributed by atoms with van der Waals surface area (Å²) in [7, 11) is 1.37. The number of carbonyl (C=O) groups is 1. The van der Waals surface area contributed by atoms with Crippen LogP contribution in [0.1, 0.15) is 19.4 Å². The van der Waals surface area contributed by atoms with Crippen LogP contribution in [0.2, 0.25) is 0 Å². The van der Waals surface area contributed by atoms with Crippen molar-refractivity contribution in [1.29, 1.82) is 0 Å². The van der Waals surface area contributed by atoms with E-state index in [1.807, 2.05) is 13.8 Å². The third-order valence-electron chi connectivity index (χ3n) is 2.83. The molecule has 0 unspecified atom stereocenters. The molecule has 0 amide bonds. The minimum absolute atomic E-state index is 0.0992. The largest absolute Gasteiger partial charge is 0.490 e. The Morgan fingerprint density at radius 3 is 2.62 bits per heavy atom. The first kappa shape index (κ1) is 16.9. The van der Waals surface area contributed by atoms with Crippen LogP contribution in [-0.4, -0.2) is 41.1 Å². The third-order valence-corrected chi connectivity index (χ3v) is 2.83. The van der Waals surface area contributed by atoms with Crippen molar-refractivity contribution in [3.8, 4) is 5.75 Å². The van der Waals surface area contributed by atoms with Crippen LogP contribution in [0.5, 0.6) is 5.75 Å². The Labute approximate surface area is 123 Å². The van der Waals surface area contributed by atoms with E-state index in [2.05, 4.69) is 0 Å². The summed E-state index contributed by atoms with van der Waals surface area (Å²) >= 11 is 0. The summed E-state index contributed by atoms with van der Waals surface area (Å²) in [6.45, 7) is 4.83. The zero-order valence-corrected chi connectivity index (χ0v) is 12.4. The average molecular weight is 296 g/mol. The Hall–Kier alpha value is -2.15. The predicted octanol–water partition coefficient (Wildman–Crippen LogP) is 2.15. The fourth-order valence-corrected chi connectivity index (χ4v) is 2.13. The van der Waals surface area contributed by atoms with Gasteiger partial charge in [0.15, 0.2) is 5.75 Å². The van der Waals surface area contributed by atoms with Gasteiger partial charge in [-0.25, -0.2) is 0 Å². The molecule has 116 valence electrons. The highest BCUT2D eigenvalue weighted by Gasteiger charge is 2.17. The van der Waals surface area contributed by atoms with Gasteiger partial charge in [-0.2, -0.15) is 0 Å². The first-order valence-electron chi connectivity index (χ1n) is 6.59. The molecule has 1 aromatic rings. The number of hydrogen-bond acceptors (Lipinski definition) is 5. The molecule has 0 aliphatic carbocycles. The van der Waals surface area contributed by atoms with E-state index in [1.54, 1.807) is 11.0 Å². The summed E-state index contributed by atoms with van der Waals surface area (Å²) in [6, 6.07) is 4.66. The van der Waals surface area contributed by atoms with E-state index >= 15 is 0 Å². The van der Waals surface area contributed by atoms with Gasteiger partial charge in [-0.15, -0.1) is 0 Å². The Kier molecular flexibility index (Phi) is 6.10. The Bertz CT molecular complexity index is 516. The van der Waals surface area contributed by atoms with Gasteiger partial charge in [-0.3, -0.25) is 19.8 Å². The maximum absolute atomic E-state index is 11.0. The van der Waals surface area contributed by atoms with Gasteiger partial charge in [0.1, 0.15) is 0 Å². The topological polar surface area (TPSA) is 92.9 Å². The molecule has 0 heterocycles. The SMILES string of the molecule is COc1ccc(CN(CC(=O)O)CC(C)C)cc1[N+](=O)[O-]. The number of carboxylic acid groups (broad SMARTS) is 1. The zero-order valence-electron chi connectivity index (χ0n) is 12.4. The normalized spacial score (nSPS) is 10.9. The number of benzene rings is 1. The Balaban J connectivity index is 2.95. The molecule has 0 aromatic heterocycles. The quantitative estimate of drug-likeness (QED) is 0.583. The van der Waals surface area contributed by atoms with Crippen molar-refractivity contribution in [3.05, 3.63) is 33.9 Å². The maximum atomic E-state index is 11.0. The molecule has 1 rings (SSSR count). The molecule has 7 nitrogen and oxygen atoms in total. The van der Waals surface area contributed by atoms with Gasteiger partial charge >= 0.3 is 11.7 Å². The van der Waals surface area contributed by atoms with Gasteiger partial charge in [0.2, 0.25) is 0 Å². The molecule has 0 bridgehead atoms. The van der Waals surface area contributed by atoms with E-state index in [0.717, 1.165) is 0 Å². The van der Waals surface area contributed by atoms with Crippen molar-refractivity contribution in [2.45, 2.75) is 20.4 Å². The van der Waals surface area contributed by atoms with Gasteiger partial charge in [0.05, 0.1) is 18.6 Å². The van der Waals surface area contributed by atoms with Gasteiger partial charge < -0.3 is 9.84 Å². The van der Waals surface area contributed by atoms with Crippen molar-refractivity contribution in [2.24, 2.45) is 5.92 Å². The first-order chi connectivity index (χ1) is 9.83. The molecule has 0 saturated heterocycles. The Morgan fingerprint density at radius 2 is 2.14 bits per heavy atom. The second-order valence-electron chi connectivity index (χ2n) is 5.22. The number of hydrogen-bond donors (Lipinski definition) is 1. The van der Waals surface area contributed by atoms with Crippen molar-refractivity contribution < 1.29 is 19.6 Å². The number of rotatable bonds is 8. The summed E-state index contributed by atoms with van der Waals surface area (Å²) in [5, 5.41) is 19.9. The smallest absolute Gasteiger partial charge is 0.317 e. The number of carboxylic acids is 1. The highest BCUT2D eigenvalue weighted by atomic mass is 16.6. The first-order valence-corrected chi connectivity index (χ1v) is 6.59. The van der Waals surface area contributed by atoms with Crippen molar-refractivity contribution in [3.63, 3.8) is 0 Å². The molecule has 0 fully saturated rings. The number of nitrogens with zero attached hydrogens (tertiary/aromatic N) is 2. The van der Waals surface area contributed by atoms with Crippen molar-refractivity contribution in [2.75, 3.05) is 20.2 Å². The summed E-state index contributed by atoms with van der Waals surface area (Å²) in [5.74, 6) is -0.423. The highest BCUT2D eigenvalue weighted by Crippen LogP contribution is 2.28. The minimum Gasteiger partial charge on any atom is -0.490 e. The lowest BCUT2D eigenvalue weighted by Crippen LogP contribution is -2.32. The summed E-state index contributed by atoms with van der Waals surface area (Å²) in [5.41, 5.74) is 0.569. The molecule has 7 heteroatoms. The number of nitro benzene ring substituents is 1. The standard InChI is InChI=1S/C14H20N2O5/c1-10(2)7-15(9-14(17)18)8-11-4-5-13(21-3)12(6-11)16(19)20/h4-6,10H,7-9H2,1-3H3,(H,17,18). The van der Waals surface area contributed by atoms with Crippen LogP contribution >= 0.6 is 0 Å². The lowest BCUT2D eigenvalue weighted by Gasteiger charge is -2.22. The second-order valence-corrected chi connectivity index (χ2v) is 5.22. The molecule has 21 heavy (non-hydrogen) atoms. The predicted molar refractivity (Wildman–Crippen MR) is 77.4 cm³/mol. The molecule has 1 aromatic carbocycles. The van der Waals surface area contributed by atoms with Crippen LogP contribution in [0, 0.1) is 16.0 Å². The van der Waals surface area contributed by atoms with Gasteiger partial charge in [0, 0.05) is 19.2 Å². The highest BCUT2D eigenvalue weighted by molar-refractivity contribution is 5.69. The van der Waals surface area contributed by atoms with Crippen LogP contribution in [-0.2, 0) is 11.3 Å².